The molecule has 0 spiro atoms. The number of benzene rings is 2. The van der Waals surface area contributed by atoms with Gasteiger partial charge < -0.3 is 0 Å². The number of carbonyl (C=O) groups is 1. The molecular weight excluding hydrogens is 316 g/mol. The molecule has 19 heavy (non-hydrogen) atoms. The topological polar surface area (TPSA) is 17.1 Å². The summed E-state index contributed by atoms with van der Waals surface area (Å²) < 4.78 is 26.9. The molecule has 0 aliphatic heterocycles. The summed E-state index contributed by atoms with van der Waals surface area (Å²) in [6.45, 7) is 0. The molecule has 0 aliphatic carbocycles. The second-order valence-electron chi connectivity index (χ2n) is 3.70. The highest BCUT2D eigenvalue weighted by Crippen LogP contribution is 2.26. The van der Waals surface area contributed by atoms with Gasteiger partial charge in [-0.2, -0.15) is 0 Å². The SMILES string of the molecule is O=C(c1ccc(Cl)c(Cl)c1)c1cc(F)c(Cl)cc1F. The molecule has 0 heterocycles. The largest absolute Gasteiger partial charge is 0.288 e. The summed E-state index contributed by atoms with van der Waals surface area (Å²) >= 11 is 16.9. The zero-order valence-corrected chi connectivity index (χ0v) is 11.5. The summed E-state index contributed by atoms with van der Waals surface area (Å²) in [6.07, 6.45) is 0. The van der Waals surface area contributed by atoms with Crippen LogP contribution in [-0.4, -0.2) is 5.78 Å². The first-order valence-electron chi connectivity index (χ1n) is 5.04. The van der Waals surface area contributed by atoms with Crippen molar-refractivity contribution in [3.05, 3.63) is 68.2 Å². The van der Waals surface area contributed by atoms with Crippen molar-refractivity contribution in [2.45, 2.75) is 0 Å². The molecule has 2 aromatic carbocycles. The van der Waals surface area contributed by atoms with Crippen LogP contribution in [0.25, 0.3) is 0 Å². The summed E-state index contributed by atoms with van der Waals surface area (Å²) in [5.41, 5.74) is -0.310. The van der Waals surface area contributed by atoms with Crippen molar-refractivity contribution < 1.29 is 13.6 Å². The first kappa shape index (κ1) is 14.3. The van der Waals surface area contributed by atoms with Crippen LogP contribution < -0.4 is 0 Å². The maximum atomic E-state index is 13.6. The Balaban J connectivity index is 2.49. The smallest absolute Gasteiger partial charge is 0.196 e. The fraction of sp³-hybridized carbons (Fsp3) is 0. The molecule has 0 radical (unpaired) electrons. The predicted octanol–water partition coefficient (Wildman–Crippen LogP) is 5.16. The minimum atomic E-state index is -0.900. The van der Waals surface area contributed by atoms with Gasteiger partial charge >= 0.3 is 0 Å². The van der Waals surface area contributed by atoms with Crippen molar-refractivity contribution in [1.82, 2.24) is 0 Å². The summed E-state index contributed by atoms with van der Waals surface area (Å²) in [4.78, 5) is 12.0. The van der Waals surface area contributed by atoms with Crippen LogP contribution in [0, 0.1) is 11.6 Å². The zero-order chi connectivity index (χ0) is 14.2. The fourth-order valence-corrected chi connectivity index (χ4v) is 1.94. The standard InChI is InChI=1S/C13H5Cl3F2O/c14-8-2-1-6(3-9(8)15)13(19)7-4-12(18)10(16)5-11(7)17/h1-5H. The molecular formula is C13H5Cl3F2O. The Morgan fingerprint density at radius 2 is 1.53 bits per heavy atom. The number of carbonyl (C=O) groups excluding carboxylic acids is 1. The Morgan fingerprint density at radius 1 is 0.842 bits per heavy atom. The van der Waals surface area contributed by atoms with E-state index in [0.29, 0.717) is 0 Å². The van der Waals surface area contributed by atoms with E-state index >= 15 is 0 Å². The summed E-state index contributed by atoms with van der Waals surface area (Å²) in [6, 6.07) is 5.58. The molecule has 0 amide bonds. The number of rotatable bonds is 2. The van der Waals surface area contributed by atoms with Crippen molar-refractivity contribution in [2.24, 2.45) is 0 Å². The number of halogens is 5. The third-order valence-corrected chi connectivity index (χ3v) is 3.47. The van der Waals surface area contributed by atoms with Crippen molar-refractivity contribution in [3.63, 3.8) is 0 Å². The molecule has 0 bridgehead atoms. The lowest BCUT2D eigenvalue weighted by molar-refractivity contribution is 0.103. The maximum Gasteiger partial charge on any atom is 0.196 e. The molecule has 1 nitrogen and oxygen atoms in total. The number of hydrogen-bond acceptors (Lipinski definition) is 1. The lowest BCUT2D eigenvalue weighted by Crippen LogP contribution is -2.05. The minimum Gasteiger partial charge on any atom is -0.288 e. The molecule has 2 rings (SSSR count). The van der Waals surface area contributed by atoms with Crippen molar-refractivity contribution >= 4 is 40.6 Å². The molecule has 6 heteroatoms. The van der Waals surface area contributed by atoms with Crippen molar-refractivity contribution in [3.8, 4) is 0 Å². The molecule has 98 valence electrons. The van der Waals surface area contributed by atoms with Gasteiger partial charge in [-0.3, -0.25) is 4.79 Å². The summed E-state index contributed by atoms with van der Waals surface area (Å²) in [5.74, 6) is -2.47. The van der Waals surface area contributed by atoms with Gasteiger partial charge in [-0.15, -0.1) is 0 Å². The minimum absolute atomic E-state index is 0.107. The second kappa shape index (κ2) is 5.45. The summed E-state index contributed by atoms with van der Waals surface area (Å²) in [7, 11) is 0. The highest BCUT2D eigenvalue weighted by molar-refractivity contribution is 6.42. The van der Waals surface area contributed by atoms with Gasteiger partial charge in [0.2, 0.25) is 0 Å². The normalized spacial score (nSPS) is 10.6. The van der Waals surface area contributed by atoms with Crippen LogP contribution in [0.2, 0.25) is 15.1 Å². The van der Waals surface area contributed by atoms with E-state index in [0.717, 1.165) is 12.1 Å². The molecule has 0 saturated heterocycles. The fourth-order valence-electron chi connectivity index (χ4n) is 1.49. The van der Waals surface area contributed by atoms with Gasteiger partial charge in [0.1, 0.15) is 11.6 Å². The average molecular weight is 322 g/mol. The zero-order valence-electron chi connectivity index (χ0n) is 9.18. The van der Waals surface area contributed by atoms with Crippen molar-refractivity contribution in [1.29, 1.82) is 0 Å². The lowest BCUT2D eigenvalue weighted by Gasteiger charge is -2.05. The quantitative estimate of drug-likeness (QED) is 0.552. The Labute approximate surface area is 122 Å². The first-order valence-corrected chi connectivity index (χ1v) is 6.18. The Morgan fingerprint density at radius 3 is 2.16 bits per heavy atom. The van der Waals surface area contributed by atoms with Crippen LogP contribution in [0.15, 0.2) is 30.3 Å². The van der Waals surface area contributed by atoms with E-state index in [9.17, 15) is 13.6 Å². The number of ketones is 1. The molecule has 0 aliphatic rings. The Bertz CT molecular complexity index is 671. The van der Waals surface area contributed by atoms with Crippen LogP contribution >= 0.6 is 34.8 Å². The van der Waals surface area contributed by atoms with Gasteiger partial charge in [0.25, 0.3) is 0 Å². The van der Waals surface area contributed by atoms with Gasteiger partial charge in [0.15, 0.2) is 5.78 Å². The maximum absolute atomic E-state index is 13.6. The van der Waals surface area contributed by atoms with Crippen LogP contribution in [0.4, 0.5) is 8.78 Å². The molecule has 0 N–H and O–H groups in total. The Kier molecular flexibility index (Phi) is 4.09. The molecule has 2 aromatic rings. The van der Waals surface area contributed by atoms with E-state index in [1.807, 2.05) is 0 Å². The van der Waals surface area contributed by atoms with Gasteiger partial charge in [-0.1, -0.05) is 34.8 Å². The highest BCUT2D eigenvalue weighted by atomic mass is 35.5. The predicted molar refractivity (Wildman–Crippen MR) is 71.3 cm³/mol. The van der Waals surface area contributed by atoms with Gasteiger partial charge in [0.05, 0.1) is 20.6 Å². The van der Waals surface area contributed by atoms with Gasteiger partial charge in [-0.25, -0.2) is 8.78 Å². The number of hydrogen-bond donors (Lipinski definition) is 0. The molecule has 0 unspecified atom stereocenters. The van der Waals surface area contributed by atoms with Gasteiger partial charge in [-0.05, 0) is 30.3 Å². The van der Waals surface area contributed by atoms with E-state index in [1.54, 1.807) is 0 Å². The molecule has 0 atom stereocenters. The molecule has 0 saturated carbocycles. The Hall–Kier alpha value is -1.16. The second-order valence-corrected chi connectivity index (χ2v) is 4.93. The summed E-state index contributed by atoms with van der Waals surface area (Å²) in [5, 5.41) is 0.0338. The van der Waals surface area contributed by atoms with E-state index in [1.165, 1.54) is 18.2 Å². The van der Waals surface area contributed by atoms with E-state index in [4.69, 9.17) is 34.8 Å². The van der Waals surface area contributed by atoms with Crippen LogP contribution in [0.5, 0.6) is 0 Å². The van der Waals surface area contributed by atoms with E-state index < -0.39 is 23.0 Å². The average Bonchev–Trinajstić information content (AvgIpc) is 2.36. The molecule has 0 fully saturated rings. The lowest BCUT2D eigenvalue weighted by atomic mass is 10.0. The molecule has 0 aromatic heterocycles. The van der Waals surface area contributed by atoms with E-state index in [2.05, 4.69) is 0 Å². The first-order chi connectivity index (χ1) is 8.90. The van der Waals surface area contributed by atoms with E-state index in [-0.39, 0.29) is 20.6 Å². The van der Waals surface area contributed by atoms with Crippen LogP contribution in [0.3, 0.4) is 0 Å². The third kappa shape index (κ3) is 2.89. The highest BCUT2D eigenvalue weighted by Gasteiger charge is 2.17. The van der Waals surface area contributed by atoms with Crippen LogP contribution in [-0.2, 0) is 0 Å². The van der Waals surface area contributed by atoms with Crippen LogP contribution in [0.1, 0.15) is 15.9 Å². The van der Waals surface area contributed by atoms with Gasteiger partial charge in [0, 0.05) is 5.56 Å². The monoisotopic (exact) mass is 320 g/mol. The van der Waals surface area contributed by atoms with Crippen molar-refractivity contribution in [2.75, 3.05) is 0 Å². The third-order valence-electron chi connectivity index (χ3n) is 2.44.